The predicted molar refractivity (Wildman–Crippen MR) is 71.0 cm³/mol. The molecule has 0 saturated heterocycles. The van der Waals surface area contributed by atoms with Gasteiger partial charge in [-0.05, 0) is 62.2 Å². The van der Waals surface area contributed by atoms with Gasteiger partial charge in [-0.15, -0.1) is 0 Å². The zero-order chi connectivity index (χ0) is 12.5. The van der Waals surface area contributed by atoms with Crippen molar-refractivity contribution >= 4 is 0 Å². The Morgan fingerprint density at radius 3 is 2.00 bits per heavy atom. The van der Waals surface area contributed by atoms with Gasteiger partial charge in [0.25, 0.3) is 0 Å². The maximum Gasteiger partial charge on any atom is 0.126 e. The van der Waals surface area contributed by atoms with Crippen molar-refractivity contribution in [1.82, 2.24) is 0 Å². The minimum absolute atomic E-state index is 0.561. The molecule has 3 saturated carbocycles. The van der Waals surface area contributed by atoms with Crippen LogP contribution in [0.5, 0.6) is 0 Å². The van der Waals surface area contributed by atoms with E-state index in [1.807, 2.05) is 0 Å². The third kappa shape index (κ3) is 2.59. The van der Waals surface area contributed by atoms with E-state index in [9.17, 15) is 9.50 Å². The molecule has 0 heterocycles. The van der Waals surface area contributed by atoms with Gasteiger partial charge in [0.05, 0.1) is 6.10 Å². The Kier molecular flexibility index (Phi) is 3.93. The molecule has 0 bridgehead atoms. The zero-order valence-corrected chi connectivity index (χ0v) is 11.4. The summed E-state index contributed by atoms with van der Waals surface area (Å²) in [7, 11) is 0. The molecule has 0 aliphatic heterocycles. The van der Waals surface area contributed by atoms with Gasteiger partial charge in [-0.2, -0.15) is 0 Å². The summed E-state index contributed by atoms with van der Waals surface area (Å²) >= 11 is 0. The Morgan fingerprint density at radius 2 is 1.22 bits per heavy atom. The Hall–Kier alpha value is -0.110. The summed E-state index contributed by atoms with van der Waals surface area (Å²) < 4.78 is 13.7. The van der Waals surface area contributed by atoms with Gasteiger partial charge in [-0.25, -0.2) is 4.39 Å². The second kappa shape index (κ2) is 5.48. The van der Waals surface area contributed by atoms with Crippen LogP contribution in [0.4, 0.5) is 4.39 Å². The monoisotopic (exact) mass is 254 g/mol. The number of alkyl halides is 1. The van der Waals surface area contributed by atoms with Crippen molar-refractivity contribution < 1.29 is 9.50 Å². The Labute approximate surface area is 110 Å². The van der Waals surface area contributed by atoms with Crippen molar-refractivity contribution in [2.45, 2.75) is 76.5 Å². The molecular formula is C16H27FO. The van der Waals surface area contributed by atoms with Crippen molar-refractivity contribution in [2.24, 2.45) is 23.7 Å². The van der Waals surface area contributed by atoms with Gasteiger partial charge in [0.15, 0.2) is 0 Å². The van der Waals surface area contributed by atoms with Crippen LogP contribution in [-0.4, -0.2) is 17.4 Å². The SMILES string of the molecule is OC1CCC(C2CCC3CCCCC3C2)CC1F. The first-order valence-corrected chi connectivity index (χ1v) is 8.06. The highest BCUT2D eigenvalue weighted by Crippen LogP contribution is 2.47. The minimum Gasteiger partial charge on any atom is -0.390 e. The molecule has 18 heavy (non-hydrogen) atoms. The average Bonchev–Trinajstić information content (AvgIpc) is 2.41. The lowest BCUT2D eigenvalue weighted by molar-refractivity contribution is -0.00331. The largest absolute Gasteiger partial charge is 0.390 e. The molecule has 3 fully saturated rings. The molecule has 6 unspecified atom stereocenters. The van der Waals surface area contributed by atoms with Gasteiger partial charge in [0.1, 0.15) is 6.17 Å². The first-order valence-electron chi connectivity index (χ1n) is 8.06. The van der Waals surface area contributed by atoms with Crippen LogP contribution >= 0.6 is 0 Å². The Morgan fingerprint density at radius 1 is 0.667 bits per heavy atom. The highest BCUT2D eigenvalue weighted by atomic mass is 19.1. The Bertz CT molecular complexity index is 280. The number of hydrogen-bond acceptors (Lipinski definition) is 1. The quantitative estimate of drug-likeness (QED) is 0.747. The normalized spacial score (nSPS) is 49.7. The van der Waals surface area contributed by atoms with Gasteiger partial charge in [0, 0.05) is 0 Å². The van der Waals surface area contributed by atoms with Crippen molar-refractivity contribution in [3.8, 4) is 0 Å². The second-order valence-electron chi connectivity index (χ2n) is 7.03. The van der Waals surface area contributed by atoms with E-state index in [2.05, 4.69) is 0 Å². The number of hydrogen-bond donors (Lipinski definition) is 1. The van der Waals surface area contributed by atoms with Crippen molar-refractivity contribution in [3.63, 3.8) is 0 Å². The highest BCUT2D eigenvalue weighted by Gasteiger charge is 2.38. The number of fused-ring (bicyclic) bond motifs is 1. The average molecular weight is 254 g/mol. The topological polar surface area (TPSA) is 20.2 Å². The van der Waals surface area contributed by atoms with Crippen LogP contribution in [0.2, 0.25) is 0 Å². The van der Waals surface area contributed by atoms with Crippen LogP contribution in [0, 0.1) is 23.7 Å². The molecule has 104 valence electrons. The van der Waals surface area contributed by atoms with Crippen molar-refractivity contribution in [3.05, 3.63) is 0 Å². The van der Waals surface area contributed by atoms with E-state index in [4.69, 9.17) is 0 Å². The Balaban J connectivity index is 1.57. The lowest BCUT2D eigenvalue weighted by Gasteiger charge is -2.43. The maximum absolute atomic E-state index is 13.7. The molecule has 3 rings (SSSR count). The van der Waals surface area contributed by atoms with E-state index in [1.165, 1.54) is 44.9 Å². The van der Waals surface area contributed by atoms with Crippen LogP contribution in [0.1, 0.15) is 64.2 Å². The van der Waals surface area contributed by atoms with E-state index >= 15 is 0 Å². The van der Waals surface area contributed by atoms with Crippen LogP contribution in [0.3, 0.4) is 0 Å². The fourth-order valence-corrected chi connectivity index (χ4v) is 4.90. The van der Waals surface area contributed by atoms with Gasteiger partial charge in [-0.3, -0.25) is 0 Å². The van der Waals surface area contributed by atoms with Crippen molar-refractivity contribution in [1.29, 1.82) is 0 Å². The zero-order valence-electron chi connectivity index (χ0n) is 11.4. The van der Waals surface area contributed by atoms with E-state index in [0.717, 1.165) is 24.2 Å². The number of rotatable bonds is 1. The second-order valence-corrected chi connectivity index (χ2v) is 7.03. The summed E-state index contributed by atoms with van der Waals surface area (Å²) in [5, 5.41) is 9.51. The van der Waals surface area contributed by atoms with Crippen LogP contribution in [-0.2, 0) is 0 Å². The standard InChI is InChI=1S/C16H27FO/c17-15-10-14(7-8-16(15)18)13-6-5-11-3-1-2-4-12(11)9-13/h11-16,18H,1-10H2. The lowest BCUT2D eigenvalue weighted by atomic mass is 9.63. The molecule has 0 aromatic heterocycles. The predicted octanol–water partition coefficient (Wildman–Crippen LogP) is 4.09. The van der Waals surface area contributed by atoms with Crippen LogP contribution in [0.15, 0.2) is 0 Å². The maximum atomic E-state index is 13.7. The molecule has 1 nitrogen and oxygen atoms in total. The third-order valence-electron chi connectivity index (χ3n) is 6.03. The van der Waals surface area contributed by atoms with Gasteiger partial charge >= 0.3 is 0 Å². The number of halogens is 1. The minimum atomic E-state index is -0.951. The van der Waals surface area contributed by atoms with E-state index in [1.54, 1.807) is 0 Å². The van der Waals surface area contributed by atoms with E-state index in [-0.39, 0.29) is 0 Å². The smallest absolute Gasteiger partial charge is 0.126 e. The van der Waals surface area contributed by atoms with Gasteiger partial charge in [-0.1, -0.05) is 25.7 Å². The summed E-state index contributed by atoms with van der Waals surface area (Å²) in [6.07, 6.45) is 10.6. The first-order chi connectivity index (χ1) is 8.74. The molecule has 6 atom stereocenters. The van der Waals surface area contributed by atoms with Crippen LogP contribution in [0.25, 0.3) is 0 Å². The van der Waals surface area contributed by atoms with Gasteiger partial charge < -0.3 is 5.11 Å². The molecule has 0 amide bonds. The number of aliphatic hydroxyl groups excluding tert-OH is 1. The molecule has 0 aromatic carbocycles. The summed E-state index contributed by atoms with van der Waals surface area (Å²) in [5.41, 5.74) is 0. The fourth-order valence-electron chi connectivity index (χ4n) is 4.90. The molecule has 0 spiro atoms. The third-order valence-corrected chi connectivity index (χ3v) is 6.03. The van der Waals surface area contributed by atoms with E-state index in [0.29, 0.717) is 18.8 Å². The molecule has 0 aromatic rings. The fraction of sp³-hybridized carbons (Fsp3) is 1.00. The summed E-state index contributed by atoms with van der Waals surface area (Å²) in [6, 6.07) is 0. The summed E-state index contributed by atoms with van der Waals surface area (Å²) in [4.78, 5) is 0. The number of aliphatic hydroxyl groups is 1. The van der Waals surface area contributed by atoms with Gasteiger partial charge in [0.2, 0.25) is 0 Å². The molecular weight excluding hydrogens is 227 g/mol. The molecule has 3 aliphatic rings. The molecule has 3 aliphatic carbocycles. The summed E-state index contributed by atoms with van der Waals surface area (Å²) in [6.45, 7) is 0. The first kappa shape index (κ1) is 12.9. The van der Waals surface area contributed by atoms with E-state index < -0.39 is 12.3 Å². The molecule has 1 N–H and O–H groups in total. The summed E-state index contributed by atoms with van der Waals surface area (Å²) in [5.74, 6) is 3.26. The highest BCUT2D eigenvalue weighted by molar-refractivity contribution is 4.89. The van der Waals surface area contributed by atoms with Crippen LogP contribution < -0.4 is 0 Å². The lowest BCUT2D eigenvalue weighted by Crippen LogP contribution is -2.37. The van der Waals surface area contributed by atoms with Crippen molar-refractivity contribution in [2.75, 3.05) is 0 Å². The molecule has 2 heteroatoms. The molecule has 0 radical (unpaired) electrons.